The van der Waals surface area contributed by atoms with E-state index in [0.717, 1.165) is 11.1 Å². The Labute approximate surface area is 110 Å². The summed E-state index contributed by atoms with van der Waals surface area (Å²) in [6.45, 7) is 2.20. The van der Waals surface area contributed by atoms with Gasteiger partial charge < -0.3 is 11.1 Å². The number of amides is 1. The van der Waals surface area contributed by atoms with E-state index in [4.69, 9.17) is 5.73 Å². The highest BCUT2D eigenvalue weighted by Crippen LogP contribution is 2.17. The van der Waals surface area contributed by atoms with Crippen molar-refractivity contribution in [2.75, 3.05) is 11.9 Å². The molecule has 1 amide bonds. The minimum absolute atomic E-state index is 0.234. The molecule has 0 fully saturated rings. The third kappa shape index (κ3) is 3.18. The molecule has 0 aliphatic carbocycles. The van der Waals surface area contributed by atoms with Crippen molar-refractivity contribution in [3.05, 3.63) is 41.2 Å². The number of nitrogens with zero attached hydrogens (tertiary/aromatic N) is 2. The van der Waals surface area contributed by atoms with Crippen LogP contribution in [0.4, 0.5) is 5.69 Å². The molecule has 0 unspecified atom stereocenters. The fourth-order valence-electron chi connectivity index (χ4n) is 1.48. The molecule has 96 valence electrons. The van der Waals surface area contributed by atoms with Gasteiger partial charge in [0.05, 0.1) is 12.7 Å². The van der Waals surface area contributed by atoms with Gasteiger partial charge in [0, 0.05) is 11.3 Å². The Morgan fingerprint density at radius 2 is 2.37 bits per heavy atom. The minimum Gasteiger partial charge on any atom is -0.320 e. The van der Waals surface area contributed by atoms with E-state index in [1.54, 1.807) is 6.07 Å². The van der Waals surface area contributed by atoms with Crippen LogP contribution in [0.3, 0.4) is 0 Å². The maximum Gasteiger partial charge on any atom is 0.277 e. The normalized spacial score (nSPS) is 9.58. The summed E-state index contributed by atoms with van der Waals surface area (Å²) >= 11 is 0. The Kier molecular flexibility index (Phi) is 3.90. The van der Waals surface area contributed by atoms with Crippen molar-refractivity contribution in [2.24, 2.45) is 5.73 Å². The summed E-state index contributed by atoms with van der Waals surface area (Å²) in [5.41, 5.74) is 7.99. The van der Waals surface area contributed by atoms with Crippen molar-refractivity contribution < 1.29 is 4.79 Å². The molecule has 4 N–H and O–H groups in total. The van der Waals surface area contributed by atoms with Crippen LogP contribution >= 0.6 is 0 Å². The number of aryl methyl sites for hydroxylation is 1. The molecule has 6 nitrogen and oxygen atoms in total. The van der Waals surface area contributed by atoms with E-state index in [1.165, 1.54) is 6.20 Å². The number of aromatic nitrogens is 3. The van der Waals surface area contributed by atoms with Gasteiger partial charge in [-0.3, -0.25) is 4.79 Å². The molecule has 1 aromatic carbocycles. The summed E-state index contributed by atoms with van der Waals surface area (Å²) in [5.74, 6) is 5.37. The number of aromatic amines is 1. The Hall–Kier alpha value is -2.65. The third-order valence-electron chi connectivity index (χ3n) is 2.47. The van der Waals surface area contributed by atoms with E-state index in [0.29, 0.717) is 12.2 Å². The second-order valence-corrected chi connectivity index (χ2v) is 3.84. The molecule has 6 heteroatoms. The van der Waals surface area contributed by atoms with Crippen LogP contribution in [0.1, 0.15) is 21.6 Å². The fourth-order valence-corrected chi connectivity index (χ4v) is 1.48. The van der Waals surface area contributed by atoms with Crippen molar-refractivity contribution in [3.8, 4) is 11.8 Å². The highest BCUT2D eigenvalue weighted by molar-refractivity contribution is 6.03. The van der Waals surface area contributed by atoms with E-state index in [9.17, 15) is 4.79 Å². The third-order valence-corrected chi connectivity index (χ3v) is 2.47. The average Bonchev–Trinajstić information content (AvgIpc) is 2.93. The number of nitrogens with one attached hydrogen (secondary N) is 2. The van der Waals surface area contributed by atoms with Gasteiger partial charge in [0.15, 0.2) is 5.69 Å². The Morgan fingerprint density at radius 1 is 1.53 bits per heavy atom. The molecule has 2 aromatic rings. The molecule has 0 aliphatic rings. The molecule has 0 bridgehead atoms. The summed E-state index contributed by atoms with van der Waals surface area (Å²) in [7, 11) is 0. The quantitative estimate of drug-likeness (QED) is 0.687. The predicted molar refractivity (Wildman–Crippen MR) is 71.4 cm³/mol. The van der Waals surface area contributed by atoms with Gasteiger partial charge in [-0.1, -0.05) is 17.9 Å². The predicted octanol–water partition coefficient (Wildman–Crippen LogP) is 0.676. The van der Waals surface area contributed by atoms with E-state index >= 15 is 0 Å². The Morgan fingerprint density at radius 3 is 3.05 bits per heavy atom. The van der Waals surface area contributed by atoms with Crippen LogP contribution in [0.2, 0.25) is 0 Å². The molecule has 19 heavy (non-hydrogen) atoms. The molecule has 0 atom stereocenters. The van der Waals surface area contributed by atoms with E-state index in [2.05, 4.69) is 32.6 Å². The first-order chi connectivity index (χ1) is 9.20. The van der Waals surface area contributed by atoms with E-state index in [-0.39, 0.29) is 11.6 Å². The number of hydrogen-bond donors (Lipinski definition) is 3. The highest BCUT2D eigenvalue weighted by atomic mass is 16.2. The molecule has 1 aromatic heterocycles. The number of rotatable bonds is 2. The van der Waals surface area contributed by atoms with Gasteiger partial charge in [-0.15, -0.1) is 0 Å². The maximum atomic E-state index is 11.9. The van der Waals surface area contributed by atoms with Crippen molar-refractivity contribution in [1.82, 2.24) is 15.4 Å². The first kappa shape index (κ1) is 12.8. The van der Waals surface area contributed by atoms with E-state index in [1.807, 2.05) is 19.1 Å². The number of carbonyl (C=O) groups excluding carboxylic acids is 1. The SMILES string of the molecule is Cc1ccc(C#CCN)cc1NC(=O)c1cn[nH]n1. The van der Waals surface area contributed by atoms with Gasteiger partial charge in [0.25, 0.3) is 5.91 Å². The molecule has 0 spiro atoms. The van der Waals surface area contributed by atoms with Crippen molar-refractivity contribution >= 4 is 11.6 Å². The van der Waals surface area contributed by atoms with Crippen LogP contribution in [0.15, 0.2) is 24.4 Å². The smallest absolute Gasteiger partial charge is 0.277 e. The van der Waals surface area contributed by atoms with Gasteiger partial charge in [-0.05, 0) is 24.6 Å². The van der Waals surface area contributed by atoms with Gasteiger partial charge in [-0.2, -0.15) is 15.4 Å². The number of H-pyrrole nitrogens is 1. The van der Waals surface area contributed by atoms with Gasteiger partial charge in [0.2, 0.25) is 0 Å². The zero-order chi connectivity index (χ0) is 13.7. The second kappa shape index (κ2) is 5.80. The van der Waals surface area contributed by atoms with E-state index < -0.39 is 0 Å². The number of benzene rings is 1. The fraction of sp³-hybridized carbons (Fsp3) is 0.154. The monoisotopic (exact) mass is 255 g/mol. The summed E-state index contributed by atoms with van der Waals surface area (Å²) in [6, 6.07) is 5.57. The standard InChI is InChI=1S/C13H13N5O/c1-9-4-5-10(3-2-6-14)7-11(9)16-13(19)12-8-15-18-17-12/h4-5,7-8H,6,14H2,1H3,(H,16,19)(H,15,17,18). The zero-order valence-corrected chi connectivity index (χ0v) is 10.4. The molecular formula is C13H13N5O. The summed E-state index contributed by atoms with van der Waals surface area (Å²) in [4.78, 5) is 11.9. The van der Waals surface area contributed by atoms with Crippen LogP contribution in [0.5, 0.6) is 0 Å². The molecular weight excluding hydrogens is 242 g/mol. The summed E-state index contributed by atoms with van der Waals surface area (Å²) in [5, 5.41) is 12.5. The van der Waals surface area contributed by atoms with Crippen LogP contribution in [0.25, 0.3) is 0 Å². The van der Waals surface area contributed by atoms with Crippen LogP contribution in [0, 0.1) is 18.8 Å². The lowest BCUT2D eigenvalue weighted by Gasteiger charge is -2.07. The second-order valence-electron chi connectivity index (χ2n) is 3.84. The van der Waals surface area contributed by atoms with Crippen molar-refractivity contribution in [3.63, 3.8) is 0 Å². The Bertz CT molecular complexity index is 637. The average molecular weight is 255 g/mol. The topological polar surface area (TPSA) is 96.7 Å². The molecule has 0 saturated heterocycles. The van der Waals surface area contributed by atoms with Crippen LogP contribution in [-0.4, -0.2) is 27.9 Å². The molecule has 2 rings (SSSR count). The Balaban J connectivity index is 2.22. The lowest BCUT2D eigenvalue weighted by Crippen LogP contribution is -2.13. The highest BCUT2D eigenvalue weighted by Gasteiger charge is 2.10. The van der Waals surface area contributed by atoms with Crippen LogP contribution in [-0.2, 0) is 0 Å². The number of carbonyl (C=O) groups is 1. The zero-order valence-electron chi connectivity index (χ0n) is 10.4. The first-order valence-corrected chi connectivity index (χ1v) is 5.67. The number of nitrogens with two attached hydrogens (primary N) is 1. The number of hydrogen-bond acceptors (Lipinski definition) is 4. The summed E-state index contributed by atoms with van der Waals surface area (Å²) < 4.78 is 0. The largest absolute Gasteiger partial charge is 0.320 e. The lowest BCUT2D eigenvalue weighted by molar-refractivity contribution is 0.102. The van der Waals surface area contributed by atoms with Crippen LogP contribution < -0.4 is 11.1 Å². The van der Waals surface area contributed by atoms with Gasteiger partial charge in [0.1, 0.15) is 0 Å². The van der Waals surface area contributed by atoms with Crippen molar-refractivity contribution in [1.29, 1.82) is 0 Å². The molecule has 0 saturated carbocycles. The first-order valence-electron chi connectivity index (χ1n) is 5.67. The summed E-state index contributed by atoms with van der Waals surface area (Å²) in [6.07, 6.45) is 1.36. The molecule has 0 radical (unpaired) electrons. The molecule has 0 aliphatic heterocycles. The number of anilines is 1. The van der Waals surface area contributed by atoms with Crippen molar-refractivity contribution in [2.45, 2.75) is 6.92 Å². The van der Waals surface area contributed by atoms with Gasteiger partial charge in [-0.25, -0.2) is 0 Å². The van der Waals surface area contributed by atoms with Gasteiger partial charge >= 0.3 is 0 Å². The maximum absolute atomic E-state index is 11.9. The molecule has 1 heterocycles. The lowest BCUT2D eigenvalue weighted by atomic mass is 10.1. The minimum atomic E-state index is -0.319.